The first-order chi connectivity index (χ1) is 9.36. The zero-order chi connectivity index (χ0) is 15.2. The van der Waals surface area contributed by atoms with Gasteiger partial charge in [0, 0.05) is 12.2 Å². The van der Waals surface area contributed by atoms with Crippen molar-refractivity contribution in [2.24, 2.45) is 0 Å². The molecule has 0 spiro atoms. The lowest BCUT2D eigenvalue weighted by Crippen LogP contribution is -2.28. The molecule has 0 aliphatic heterocycles. The van der Waals surface area contributed by atoms with Crippen molar-refractivity contribution in [3.8, 4) is 5.75 Å². The van der Waals surface area contributed by atoms with E-state index in [1.807, 2.05) is 13.8 Å². The van der Waals surface area contributed by atoms with Gasteiger partial charge in [-0.25, -0.2) is 13.1 Å². The fraction of sp³-hybridized carbons (Fsp3) is 0.538. The van der Waals surface area contributed by atoms with Crippen LogP contribution in [0, 0.1) is 0 Å². The highest BCUT2D eigenvalue weighted by atomic mass is 32.2. The molecule has 114 valence electrons. The maximum Gasteiger partial charge on any atom is 0.244 e. The van der Waals surface area contributed by atoms with Crippen molar-refractivity contribution in [1.82, 2.24) is 4.72 Å². The molecule has 0 aliphatic rings. The largest absolute Gasteiger partial charge is 0.492 e. The minimum atomic E-state index is -3.67. The Labute approximate surface area is 120 Å². The SMILES string of the molecule is CCOc1ccc(N)cc1S(=O)(=O)NCCOC(C)C. The summed E-state index contributed by atoms with van der Waals surface area (Å²) in [6.07, 6.45) is 0.0610. The molecule has 1 rings (SSSR count). The van der Waals surface area contributed by atoms with Gasteiger partial charge in [-0.05, 0) is 39.0 Å². The molecule has 0 heterocycles. The second-order valence-electron chi connectivity index (χ2n) is 4.46. The molecule has 7 heteroatoms. The number of nitrogen functional groups attached to an aromatic ring is 1. The van der Waals surface area contributed by atoms with Crippen LogP contribution >= 0.6 is 0 Å². The van der Waals surface area contributed by atoms with E-state index in [2.05, 4.69) is 4.72 Å². The van der Waals surface area contributed by atoms with Gasteiger partial charge in [0.15, 0.2) is 0 Å². The van der Waals surface area contributed by atoms with Gasteiger partial charge < -0.3 is 15.2 Å². The summed E-state index contributed by atoms with van der Waals surface area (Å²) in [6.45, 7) is 6.45. The molecule has 0 aliphatic carbocycles. The van der Waals surface area contributed by atoms with Gasteiger partial charge in [-0.15, -0.1) is 0 Å². The first-order valence-corrected chi connectivity index (χ1v) is 7.98. The third-order valence-electron chi connectivity index (χ3n) is 2.40. The lowest BCUT2D eigenvalue weighted by molar-refractivity contribution is 0.0834. The van der Waals surface area contributed by atoms with Gasteiger partial charge in [0.1, 0.15) is 10.6 Å². The average Bonchev–Trinajstić information content (AvgIpc) is 2.37. The van der Waals surface area contributed by atoms with Gasteiger partial charge in [-0.2, -0.15) is 0 Å². The van der Waals surface area contributed by atoms with E-state index >= 15 is 0 Å². The average molecular weight is 302 g/mol. The van der Waals surface area contributed by atoms with Crippen LogP contribution in [0.2, 0.25) is 0 Å². The van der Waals surface area contributed by atoms with E-state index in [1.54, 1.807) is 19.1 Å². The molecule has 0 atom stereocenters. The Bertz CT molecular complexity index is 529. The summed E-state index contributed by atoms with van der Waals surface area (Å²) >= 11 is 0. The van der Waals surface area contributed by atoms with Crippen LogP contribution < -0.4 is 15.2 Å². The number of nitrogens with two attached hydrogens (primary N) is 1. The van der Waals surface area contributed by atoms with Gasteiger partial charge in [-0.1, -0.05) is 0 Å². The van der Waals surface area contributed by atoms with Gasteiger partial charge in [-0.3, -0.25) is 0 Å². The van der Waals surface area contributed by atoms with Gasteiger partial charge in [0.25, 0.3) is 0 Å². The van der Waals surface area contributed by atoms with Crippen molar-refractivity contribution >= 4 is 15.7 Å². The second-order valence-corrected chi connectivity index (χ2v) is 6.19. The summed E-state index contributed by atoms with van der Waals surface area (Å²) in [5.41, 5.74) is 6.01. The standard InChI is InChI=1S/C13H22N2O4S/c1-4-18-12-6-5-11(14)9-13(12)20(16,17)15-7-8-19-10(2)3/h5-6,9-10,15H,4,7-8,14H2,1-3H3. The fourth-order valence-corrected chi connectivity index (χ4v) is 2.75. The number of sulfonamides is 1. The molecule has 0 radical (unpaired) electrons. The van der Waals surface area contributed by atoms with Gasteiger partial charge in [0.05, 0.1) is 19.3 Å². The summed E-state index contributed by atoms with van der Waals surface area (Å²) in [5.74, 6) is 0.291. The van der Waals surface area contributed by atoms with E-state index in [9.17, 15) is 8.42 Å². The summed E-state index contributed by atoms with van der Waals surface area (Å²) in [6, 6.07) is 4.54. The highest BCUT2D eigenvalue weighted by molar-refractivity contribution is 7.89. The summed E-state index contributed by atoms with van der Waals surface area (Å²) in [7, 11) is -3.67. The molecule has 0 saturated heterocycles. The third-order valence-corrected chi connectivity index (χ3v) is 3.88. The van der Waals surface area contributed by atoms with Crippen LogP contribution in [0.5, 0.6) is 5.75 Å². The number of ether oxygens (including phenoxy) is 2. The Hall–Kier alpha value is -1.31. The van der Waals surface area contributed by atoms with E-state index in [1.165, 1.54) is 6.07 Å². The topological polar surface area (TPSA) is 90.7 Å². The molecule has 0 aromatic heterocycles. The minimum absolute atomic E-state index is 0.0453. The van der Waals surface area contributed by atoms with Gasteiger partial charge >= 0.3 is 0 Å². The van der Waals surface area contributed by atoms with Crippen LogP contribution in [-0.2, 0) is 14.8 Å². The van der Waals surface area contributed by atoms with E-state index < -0.39 is 10.0 Å². The van der Waals surface area contributed by atoms with Crippen LogP contribution in [0.25, 0.3) is 0 Å². The predicted octanol–water partition coefficient (Wildman–Crippen LogP) is 1.37. The van der Waals surface area contributed by atoms with Crippen molar-refractivity contribution in [2.45, 2.75) is 31.8 Å². The molecular weight excluding hydrogens is 280 g/mol. The van der Waals surface area contributed by atoms with E-state index in [-0.39, 0.29) is 17.5 Å². The number of rotatable bonds is 8. The van der Waals surface area contributed by atoms with E-state index in [0.717, 1.165) is 0 Å². The molecule has 0 fully saturated rings. The molecule has 0 amide bonds. The van der Waals surface area contributed by atoms with Crippen LogP contribution in [0.1, 0.15) is 20.8 Å². The van der Waals surface area contributed by atoms with Gasteiger partial charge in [0.2, 0.25) is 10.0 Å². The lowest BCUT2D eigenvalue weighted by Gasteiger charge is -2.13. The van der Waals surface area contributed by atoms with E-state index in [4.69, 9.17) is 15.2 Å². The van der Waals surface area contributed by atoms with Crippen LogP contribution in [0.4, 0.5) is 5.69 Å². The quantitative estimate of drug-likeness (QED) is 0.559. The predicted molar refractivity (Wildman–Crippen MR) is 78.3 cm³/mol. The highest BCUT2D eigenvalue weighted by Gasteiger charge is 2.19. The number of hydrogen-bond acceptors (Lipinski definition) is 5. The summed E-state index contributed by atoms with van der Waals surface area (Å²) in [5, 5.41) is 0. The molecule has 0 bridgehead atoms. The molecule has 0 unspecified atom stereocenters. The van der Waals surface area contributed by atoms with E-state index in [0.29, 0.717) is 24.7 Å². The molecule has 6 nitrogen and oxygen atoms in total. The van der Waals surface area contributed by atoms with Crippen molar-refractivity contribution in [2.75, 3.05) is 25.5 Å². The first-order valence-electron chi connectivity index (χ1n) is 6.50. The maximum absolute atomic E-state index is 12.2. The number of hydrogen-bond donors (Lipinski definition) is 2. The van der Waals surface area contributed by atoms with Crippen LogP contribution in [0.3, 0.4) is 0 Å². The minimum Gasteiger partial charge on any atom is -0.492 e. The zero-order valence-electron chi connectivity index (χ0n) is 12.0. The Morgan fingerprint density at radius 2 is 2.05 bits per heavy atom. The Balaban J connectivity index is 2.83. The molecule has 1 aromatic carbocycles. The first kappa shape index (κ1) is 16.7. The van der Waals surface area contributed by atoms with Crippen molar-refractivity contribution in [3.63, 3.8) is 0 Å². The summed E-state index contributed by atoms with van der Waals surface area (Å²) < 4.78 is 37.5. The Morgan fingerprint density at radius 1 is 1.35 bits per heavy atom. The number of anilines is 1. The number of benzene rings is 1. The Morgan fingerprint density at radius 3 is 2.65 bits per heavy atom. The van der Waals surface area contributed by atoms with Crippen molar-refractivity contribution in [3.05, 3.63) is 18.2 Å². The fourth-order valence-electron chi connectivity index (χ4n) is 1.56. The maximum atomic E-state index is 12.2. The molecular formula is C13H22N2O4S. The molecule has 1 aromatic rings. The molecule has 3 N–H and O–H groups in total. The van der Waals surface area contributed by atoms with Crippen molar-refractivity contribution < 1.29 is 17.9 Å². The lowest BCUT2D eigenvalue weighted by atomic mass is 10.3. The third kappa shape index (κ3) is 4.99. The molecule has 0 saturated carbocycles. The Kier molecular flexibility index (Phi) is 6.25. The zero-order valence-corrected chi connectivity index (χ0v) is 12.9. The molecule has 20 heavy (non-hydrogen) atoms. The number of nitrogens with one attached hydrogen (secondary N) is 1. The van der Waals surface area contributed by atoms with Crippen LogP contribution in [-0.4, -0.2) is 34.3 Å². The normalized spacial score (nSPS) is 11.8. The second kappa shape index (κ2) is 7.47. The highest BCUT2D eigenvalue weighted by Crippen LogP contribution is 2.25. The smallest absolute Gasteiger partial charge is 0.244 e. The monoisotopic (exact) mass is 302 g/mol. The van der Waals surface area contributed by atoms with Crippen molar-refractivity contribution in [1.29, 1.82) is 0 Å². The summed E-state index contributed by atoms with van der Waals surface area (Å²) in [4.78, 5) is 0.0453. The van der Waals surface area contributed by atoms with Crippen LogP contribution in [0.15, 0.2) is 23.1 Å².